The van der Waals surface area contributed by atoms with Crippen molar-refractivity contribution in [1.82, 2.24) is 9.97 Å². The van der Waals surface area contributed by atoms with Crippen molar-refractivity contribution in [3.8, 4) is 0 Å². The van der Waals surface area contributed by atoms with E-state index in [1.165, 1.54) is 12.1 Å². The van der Waals surface area contributed by atoms with Crippen LogP contribution >= 0.6 is 0 Å². The van der Waals surface area contributed by atoms with E-state index in [-0.39, 0.29) is 11.7 Å². The minimum atomic E-state index is -0.336. The van der Waals surface area contributed by atoms with Crippen LogP contribution in [0.15, 0.2) is 97.5 Å². The highest BCUT2D eigenvalue weighted by Crippen LogP contribution is 2.27. The Labute approximate surface area is 215 Å². The second-order valence-corrected chi connectivity index (χ2v) is 8.07. The number of fused-ring (bicyclic) bond motifs is 1. The van der Waals surface area contributed by atoms with Crippen LogP contribution in [0.2, 0.25) is 0 Å². The van der Waals surface area contributed by atoms with Crippen molar-refractivity contribution in [3.05, 3.63) is 114 Å². The fraction of sp³-hybridized carbons (Fsp3) is 0.100. The summed E-state index contributed by atoms with van der Waals surface area (Å²) in [6.07, 6.45) is 5.10. The van der Waals surface area contributed by atoms with E-state index in [0.29, 0.717) is 33.5 Å². The molecule has 0 aliphatic heterocycles. The molecule has 0 fully saturated rings. The summed E-state index contributed by atoms with van der Waals surface area (Å²) in [7, 11) is 0. The van der Waals surface area contributed by atoms with Gasteiger partial charge in [0, 0.05) is 58.0 Å². The molecule has 5 aromatic rings. The number of benzene rings is 3. The fourth-order valence-electron chi connectivity index (χ4n) is 3.75. The number of rotatable bonds is 6. The summed E-state index contributed by atoms with van der Waals surface area (Å²) in [5.41, 5.74) is 6.11. The van der Waals surface area contributed by atoms with Crippen LogP contribution in [0.3, 0.4) is 0 Å². The first-order valence-corrected chi connectivity index (χ1v) is 12.1. The van der Waals surface area contributed by atoms with Crippen LogP contribution in [-0.2, 0) is 0 Å². The first-order valence-electron chi connectivity index (χ1n) is 12.1. The number of carbonyl (C=O) groups is 1. The Bertz CT molecular complexity index is 1520. The summed E-state index contributed by atoms with van der Waals surface area (Å²) in [5.74, 6) is -0.574. The maximum absolute atomic E-state index is 13.8. The second-order valence-electron chi connectivity index (χ2n) is 8.07. The third-order valence-electron chi connectivity index (χ3n) is 5.56. The average molecular weight is 494 g/mol. The zero-order valence-electron chi connectivity index (χ0n) is 20.9. The van der Waals surface area contributed by atoms with Crippen LogP contribution in [-0.4, -0.2) is 15.9 Å². The predicted octanol–water partition coefficient (Wildman–Crippen LogP) is 7.84. The third-order valence-corrected chi connectivity index (χ3v) is 5.56. The van der Waals surface area contributed by atoms with Crippen molar-refractivity contribution < 1.29 is 9.18 Å². The van der Waals surface area contributed by atoms with Gasteiger partial charge in [-0.2, -0.15) is 0 Å². The van der Waals surface area contributed by atoms with Crippen LogP contribution in [0.1, 0.15) is 29.8 Å². The normalized spacial score (nSPS) is 10.3. The highest BCUT2D eigenvalue weighted by atomic mass is 19.1. The number of aryl methyl sites for hydroxylation is 1. The van der Waals surface area contributed by atoms with Gasteiger partial charge < -0.3 is 16.0 Å². The number of carbonyl (C=O) groups excluding carboxylic acids is 1. The average Bonchev–Trinajstić information content (AvgIpc) is 2.93. The first-order chi connectivity index (χ1) is 18.0. The Morgan fingerprint density at radius 2 is 1.54 bits per heavy atom. The van der Waals surface area contributed by atoms with Gasteiger partial charge in [-0.05, 0) is 79.2 Å². The van der Waals surface area contributed by atoms with Crippen molar-refractivity contribution in [3.63, 3.8) is 0 Å². The van der Waals surface area contributed by atoms with Crippen LogP contribution in [0.4, 0.5) is 32.8 Å². The van der Waals surface area contributed by atoms with Crippen molar-refractivity contribution in [1.29, 1.82) is 0 Å². The van der Waals surface area contributed by atoms with Crippen molar-refractivity contribution >= 4 is 45.2 Å². The summed E-state index contributed by atoms with van der Waals surface area (Å²) in [4.78, 5) is 21.3. The van der Waals surface area contributed by atoms with Crippen LogP contribution < -0.4 is 16.0 Å². The zero-order valence-corrected chi connectivity index (χ0v) is 20.9. The molecule has 3 N–H and O–H groups in total. The van der Waals surface area contributed by atoms with Gasteiger partial charge in [-0.3, -0.25) is 14.8 Å². The summed E-state index contributed by atoms with van der Waals surface area (Å²) < 4.78 is 13.8. The Kier molecular flexibility index (Phi) is 8.05. The molecule has 0 aliphatic rings. The van der Waals surface area contributed by atoms with Crippen molar-refractivity contribution in [2.45, 2.75) is 20.8 Å². The molecule has 6 nitrogen and oxygen atoms in total. The molecular weight excluding hydrogens is 465 g/mol. The number of nitrogens with zero attached hydrogens (tertiary/aromatic N) is 2. The molecule has 0 atom stereocenters. The van der Waals surface area contributed by atoms with Crippen molar-refractivity contribution in [2.75, 3.05) is 16.0 Å². The van der Waals surface area contributed by atoms with Gasteiger partial charge >= 0.3 is 0 Å². The fourth-order valence-corrected chi connectivity index (χ4v) is 3.75. The standard InChI is InChI=1S/C28H22FN5O.C2H6/c1-18-5-7-23(17-27(18)32-21-9-12-30-13-10-21)34-28(35)19-3-2-4-22(15-19)33-26-11-14-31-25-8-6-20(29)16-24(25)26;1-2/h2-17H,1H3,(H,30,32)(H,31,33)(H,34,35);1-2H3. The maximum Gasteiger partial charge on any atom is 0.255 e. The quantitative estimate of drug-likeness (QED) is 0.225. The molecule has 2 heterocycles. The van der Waals surface area contributed by atoms with Gasteiger partial charge in [0.15, 0.2) is 0 Å². The topological polar surface area (TPSA) is 78.9 Å². The number of hydrogen-bond donors (Lipinski definition) is 3. The first kappa shape index (κ1) is 25.3. The van der Waals surface area contributed by atoms with Gasteiger partial charge in [-0.1, -0.05) is 26.0 Å². The molecule has 186 valence electrons. The number of amides is 1. The molecule has 0 saturated heterocycles. The van der Waals surface area contributed by atoms with E-state index < -0.39 is 0 Å². The van der Waals surface area contributed by atoms with E-state index in [4.69, 9.17) is 0 Å². The molecule has 0 unspecified atom stereocenters. The van der Waals surface area contributed by atoms with Gasteiger partial charge in [0.05, 0.1) is 5.52 Å². The Morgan fingerprint density at radius 1 is 0.757 bits per heavy atom. The molecule has 2 aromatic heterocycles. The Balaban J connectivity index is 0.00000156. The number of aromatic nitrogens is 2. The smallest absolute Gasteiger partial charge is 0.255 e. The molecular formula is C30H28FN5O. The minimum Gasteiger partial charge on any atom is -0.355 e. The molecule has 0 radical (unpaired) electrons. The van der Waals surface area contributed by atoms with Crippen molar-refractivity contribution in [2.24, 2.45) is 0 Å². The number of pyridine rings is 2. The lowest BCUT2D eigenvalue weighted by atomic mass is 10.1. The maximum atomic E-state index is 13.8. The molecule has 37 heavy (non-hydrogen) atoms. The van der Waals surface area contributed by atoms with E-state index in [1.807, 2.05) is 57.2 Å². The summed E-state index contributed by atoms with van der Waals surface area (Å²) >= 11 is 0. The highest BCUT2D eigenvalue weighted by Gasteiger charge is 2.10. The lowest BCUT2D eigenvalue weighted by molar-refractivity contribution is 0.102. The highest BCUT2D eigenvalue weighted by molar-refractivity contribution is 6.05. The van der Waals surface area contributed by atoms with Gasteiger partial charge in [0.2, 0.25) is 0 Å². The SMILES string of the molecule is CC.Cc1ccc(NC(=O)c2cccc(Nc3ccnc4ccc(F)cc34)c2)cc1Nc1ccncc1. The Hall–Kier alpha value is -4.78. The summed E-state index contributed by atoms with van der Waals surface area (Å²) in [6, 6.07) is 22.9. The van der Waals surface area contributed by atoms with Gasteiger partial charge in [-0.15, -0.1) is 0 Å². The molecule has 1 amide bonds. The second kappa shape index (κ2) is 11.8. The van der Waals surface area contributed by atoms with Crippen LogP contribution in [0, 0.1) is 12.7 Å². The predicted molar refractivity (Wildman–Crippen MR) is 149 cm³/mol. The lowest BCUT2D eigenvalue weighted by Gasteiger charge is -2.13. The Morgan fingerprint density at radius 3 is 2.35 bits per heavy atom. The van der Waals surface area contributed by atoms with Gasteiger partial charge in [0.1, 0.15) is 5.82 Å². The number of anilines is 5. The van der Waals surface area contributed by atoms with Crippen LogP contribution in [0.25, 0.3) is 10.9 Å². The third kappa shape index (κ3) is 6.27. The zero-order chi connectivity index (χ0) is 26.2. The monoisotopic (exact) mass is 493 g/mol. The van der Waals surface area contributed by atoms with E-state index in [2.05, 4.69) is 25.9 Å². The summed E-state index contributed by atoms with van der Waals surface area (Å²) in [5, 5.41) is 10.2. The van der Waals surface area contributed by atoms with Crippen LogP contribution in [0.5, 0.6) is 0 Å². The molecule has 0 aliphatic carbocycles. The molecule has 0 spiro atoms. The van der Waals surface area contributed by atoms with E-state index in [9.17, 15) is 9.18 Å². The number of halogens is 1. The minimum absolute atomic E-state index is 0.238. The van der Waals surface area contributed by atoms with E-state index >= 15 is 0 Å². The van der Waals surface area contributed by atoms with E-state index in [1.54, 1.807) is 48.9 Å². The lowest BCUT2D eigenvalue weighted by Crippen LogP contribution is -2.12. The van der Waals surface area contributed by atoms with E-state index in [0.717, 1.165) is 16.9 Å². The number of hydrogen-bond acceptors (Lipinski definition) is 5. The largest absolute Gasteiger partial charge is 0.355 e. The molecule has 7 heteroatoms. The molecule has 5 rings (SSSR count). The van der Waals surface area contributed by atoms with Gasteiger partial charge in [-0.25, -0.2) is 4.39 Å². The van der Waals surface area contributed by atoms with Gasteiger partial charge in [0.25, 0.3) is 5.91 Å². The molecule has 0 saturated carbocycles. The summed E-state index contributed by atoms with van der Waals surface area (Å²) in [6.45, 7) is 6.00. The molecule has 0 bridgehead atoms. The molecule has 3 aromatic carbocycles. The number of nitrogens with one attached hydrogen (secondary N) is 3.